The molecular formula is C28H24N2O3. The highest BCUT2D eigenvalue weighted by Crippen LogP contribution is 2.47. The number of hydrogen-bond donors (Lipinski definition) is 0. The minimum atomic E-state index is -1.37. The Hall–Kier alpha value is -4.17. The zero-order valence-electron chi connectivity index (χ0n) is 18.6. The van der Waals surface area contributed by atoms with Crippen molar-refractivity contribution in [2.45, 2.75) is 25.3 Å². The predicted octanol–water partition coefficient (Wildman–Crippen LogP) is 5.51. The number of fused-ring (bicyclic) bond motifs is 1. The number of carbonyl (C=O) groups is 2. The van der Waals surface area contributed by atoms with Gasteiger partial charge < -0.3 is 4.74 Å². The molecule has 0 aromatic heterocycles. The molecule has 0 radical (unpaired) electrons. The molecular weight excluding hydrogens is 412 g/mol. The summed E-state index contributed by atoms with van der Waals surface area (Å²) in [7, 11) is 0. The van der Waals surface area contributed by atoms with Crippen molar-refractivity contribution in [3.05, 3.63) is 113 Å². The van der Waals surface area contributed by atoms with Gasteiger partial charge in [-0.15, -0.1) is 0 Å². The molecule has 33 heavy (non-hydrogen) atoms. The van der Waals surface area contributed by atoms with E-state index in [2.05, 4.69) is 6.07 Å². The van der Waals surface area contributed by atoms with Gasteiger partial charge in [-0.2, -0.15) is 5.26 Å². The van der Waals surface area contributed by atoms with Crippen molar-refractivity contribution >= 4 is 18.0 Å². The first-order valence-electron chi connectivity index (χ1n) is 10.9. The van der Waals surface area contributed by atoms with Crippen molar-refractivity contribution in [3.8, 4) is 6.07 Å². The van der Waals surface area contributed by atoms with E-state index in [9.17, 15) is 14.9 Å². The topological polar surface area (TPSA) is 70.4 Å². The lowest BCUT2D eigenvalue weighted by Gasteiger charge is -2.44. The van der Waals surface area contributed by atoms with Crippen LogP contribution in [0.15, 0.2) is 85.1 Å². The monoisotopic (exact) mass is 436 g/mol. The molecule has 1 heterocycles. The van der Waals surface area contributed by atoms with Crippen molar-refractivity contribution in [1.29, 1.82) is 5.26 Å². The molecule has 4 rings (SSSR count). The van der Waals surface area contributed by atoms with Gasteiger partial charge in [0.25, 0.3) is 5.91 Å². The lowest BCUT2D eigenvalue weighted by Crippen LogP contribution is -2.51. The van der Waals surface area contributed by atoms with E-state index in [0.717, 1.165) is 5.56 Å². The van der Waals surface area contributed by atoms with E-state index in [1.54, 1.807) is 49.5 Å². The van der Waals surface area contributed by atoms with Crippen LogP contribution >= 0.6 is 0 Å². The molecule has 0 bridgehead atoms. The van der Waals surface area contributed by atoms with Crippen LogP contribution in [0.4, 0.5) is 0 Å². The molecule has 3 aromatic rings. The second-order valence-electron chi connectivity index (χ2n) is 7.85. The SMILES string of the molecule is CCOC(=O)c1ccccc1C(C)C1(C#N)c2ccccc2C=CN1C(=O)c1ccccc1. The first-order chi connectivity index (χ1) is 16.0. The molecule has 3 aromatic carbocycles. The highest BCUT2D eigenvalue weighted by Gasteiger charge is 2.49. The number of rotatable bonds is 5. The molecule has 0 saturated heterocycles. The molecule has 1 aliphatic heterocycles. The van der Waals surface area contributed by atoms with Crippen LogP contribution in [0.25, 0.3) is 6.08 Å². The lowest BCUT2D eigenvalue weighted by atomic mass is 9.71. The molecule has 1 aliphatic rings. The van der Waals surface area contributed by atoms with Crippen LogP contribution in [0.2, 0.25) is 0 Å². The van der Waals surface area contributed by atoms with Crippen molar-refractivity contribution in [2.24, 2.45) is 0 Å². The Kier molecular flexibility index (Phi) is 6.10. The van der Waals surface area contributed by atoms with Crippen molar-refractivity contribution in [3.63, 3.8) is 0 Å². The van der Waals surface area contributed by atoms with Crippen LogP contribution in [-0.2, 0) is 10.3 Å². The van der Waals surface area contributed by atoms with Gasteiger partial charge in [0.2, 0.25) is 0 Å². The van der Waals surface area contributed by atoms with Gasteiger partial charge in [0, 0.05) is 23.2 Å². The van der Waals surface area contributed by atoms with E-state index >= 15 is 0 Å². The normalized spacial score (nSPS) is 17.5. The number of carbonyl (C=O) groups excluding carboxylic acids is 2. The van der Waals surface area contributed by atoms with Gasteiger partial charge in [-0.3, -0.25) is 9.69 Å². The van der Waals surface area contributed by atoms with E-state index in [1.165, 1.54) is 4.90 Å². The highest BCUT2D eigenvalue weighted by molar-refractivity contribution is 5.97. The summed E-state index contributed by atoms with van der Waals surface area (Å²) < 4.78 is 5.27. The number of benzene rings is 3. The van der Waals surface area contributed by atoms with Crippen LogP contribution < -0.4 is 0 Å². The molecule has 2 atom stereocenters. The number of nitrogens with zero attached hydrogens (tertiary/aromatic N) is 2. The molecule has 0 N–H and O–H groups in total. The van der Waals surface area contributed by atoms with Gasteiger partial charge in [-0.25, -0.2) is 4.79 Å². The van der Waals surface area contributed by atoms with E-state index in [4.69, 9.17) is 4.74 Å². The Morgan fingerprint density at radius 3 is 2.39 bits per heavy atom. The Labute approximate surface area is 193 Å². The Morgan fingerprint density at radius 1 is 1.00 bits per heavy atom. The third-order valence-electron chi connectivity index (χ3n) is 6.11. The van der Waals surface area contributed by atoms with Crippen LogP contribution in [0.5, 0.6) is 0 Å². The van der Waals surface area contributed by atoms with Gasteiger partial charge in [-0.1, -0.05) is 67.6 Å². The van der Waals surface area contributed by atoms with Crippen LogP contribution in [0.1, 0.15) is 57.2 Å². The van der Waals surface area contributed by atoms with E-state index in [1.807, 2.05) is 55.5 Å². The molecule has 0 aliphatic carbocycles. The number of esters is 1. The molecule has 0 spiro atoms. The summed E-state index contributed by atoms with van der Waals surface area (Å²) in [6.45, 7) is 3.88. The van der Waals surface area contributed by atoms with Gasteiger partial charge in [0.15, 0.2) is 5.54 Å². The molecule has 0 saturated carbocycles. The maximum atomic E-state index is 13.7. The first-order valence-corrected chi connectivity index (χ1v) is 10.9. The van der Waals surface area contributed by atoms with Gasteiger partial charge in [0.05, 0.1) is 18.2 Å². The molecule has 5 nitrogen and oxygen atoms in total. The Balaban J connectivity index is 1.93. The number of amides is 1. The van der Waals surface area contributed by atoms with E-state index in [-0.39, 0.29) is 12.5 Å². The van der Waals surface area contributed by atoms with Crippen LogP contribution in [0, 0.1) is 11.3 Å². The molecule has 5 heteroatoms. The third-order valence-corrected chi connectivity index (χ3v) is 6.11. The average molecular weight is 437 g/mol. The van der Waals surface area contributed by atoms with Gasteiger partial charge >= 0.3 is 5.97 Å². The van der Waals surface area contributed by atoms with Crippen molar-refractivity contribution in [1.82, 2.24) is 4.90 Å². The van der Waals surface area contributed by atoms with Crippen molar-refractivity contribution in [2.75, 3.05) is 6.61 Å². The maximum absolute atomic E-state index is 13.7. The molecule has 164 valence electrons. The molecule has 2 unspecified atom stereocenters. The fourth-order valence-electron chi connectivity index (χ4n) is 4.49. The van der Waals surface area contributed by atoms with Gasteiger partial charge in [-0.05, 0) is 42.3 Å². The number of hydrogen-bond acceptors (Lipinski definition) is 4. The predicted molar refractivity (Wildman–Crippen MR) is 126 cm³/mol. The summed E-state index contributed by atoms with van der Waals surface area (Å²) >= 11 is 0. The van der Waals surface area contributed by atoms with Crippen LogP contribution in [-0.4, -0.2) is 23.4 Å². The summed E-state index contributed by atoms with van der Waals surface area (Å²) in [5.41, 5.74) is 1.71. The summed E-state index contributed by atoms with van der Waals surface area (Å²) in [4.78, 5) is 27.9. The summed E-state index contributed by atoms with van der Waals surface area (Å²) in [5, 5.41) is 10.7. The minimum Gasteiger partial charge on any atom is -0.462 e. The van der Waals surface area contributed by atoms with E-state index in [0.29, 0.717) is 22.3 Å². The fraction of sp³-hybridized carbons (Fsp3) is 0.179. The second-order valence-corrected chi connectivity index (χ2v) is 7.85. The van der Waals surface area contributed by atoms with Crippen LogP contribution in [0.3, 0.4) is 0 Å². The zero-order valence-corrected chi connectivity index (χ0v) is 18.6. The summed E-state index contributed by atoms with van der Waals surface area (Å²) in [6, 6.07) is 26.0. The minimum absolute atomic E-state index is 0.245. The Morgan fingerprint density at radius 2 is 1.67 bits per heavy atom. The smallest absolute Gasteiger partial charge is 0.338 e. The number of ether oxygens (including phenoxy) is 1. The standard InChI is InChI=1S/C28H24N2O3/c1-3-33-27(32)24-15-9-8-14-23(24)20(2)28(19-29)25-16-10-7-11-21(25)17-18-30(28)26(31)22-12-5-4-6-13-22/h4-18,20H,3H2,1-2H3. The maximum Gasteiger partial charge on any atom is 0.338 e. The van der Waals surface area contributed by atoms with Gasteiger partial charge in [0.1, 0.15) is 0 Å². The molecule has 1 amide bonds. The number of nitriles is 1. The summed E-state index contributed by atoms with van der Waals surface area (Å²) in [5.74, 6) is -1.28. The first kappa shape index (κ1) is 22.0. The quantitative estimate of drug-likeness (QED) is 0.494. The fourth-order valence-corrected chi connectivity index (χ4v) is 4.49. The second kappa shape index (κ2) is 9.13. The highest BCUT2D eigenvalue weighted by atomic mass is 16.5. The molecule has 0 fully saturated rings. The van der Waals surface area contributed by atoms with E-state index < -0.39 is 17.4 Å². The third kappa shape index (κ3) is 3.70. The van der Waals surface area contributed by atoms with Crippen molar-refractivity contribution < 1.29 is 14.3 Å². The largest absolute Gasteiger partial charge is 0.462 e. The Bertz CT molecular complexity index is 1260. The average Bonchev–Trinajstić information content (AvgIpc) is 2.87. The lowest BCUT2D eigenvalue weighted by molar-refractivity contribution is 0.0522. The zero-order chi connectivity index (χ0) is 23.4. The summed E-state index contributed by atoms with van der Waals surface area (Å²) in [6.07, 6.45) is 3.51.